The van der Waals surface area contributed by atoms with E-state index in [1.165, 1.54) is 4.88 Å². The van der Waals surface area contributed by atoms with Gasteiger partial charge in [-0.05, 0) is 35.9 Å². The van der Waals surface area contributed by atoms with Crippen LogP contribution in [0.3, 0.4) is 0 Å². The summed E-state index contributed by atoms with van der Waals surface area (Å²) in [4.78, 5) is 8.26. The third-order valence-corrected chi connectivity index (χ3v) is 4.59. The second kappa shape index (κ2) is 11.4. The first-order chi connectivity index (χ1) is 11.2. The Labute approximate surface area is 165 Å². The van der Waals surface area contributed by atoms with E-state index < -0.39 is 0 Å². The highest BCUT2D eigenvalue weighted by Crippen LogP contribution is 2.11. The molecule has 1 aromatic heterocycles. The molecule has 2 rings (SSSR count). The van der Waals surface area contributed by atoms with E-state index in [1.807, 2.05) is 24.3 Å². The Morgan fingerprint density at radius 3 is 2.58 bits per heavy atom. The van der Waals surface area contributed by atoms with Gasteiger partial charge in [-0.15, -0.1) is 35.3 Å². The molecule has 0 unspecified atom stereocenters. The standard InChI is InChI=1S/C18H25N3OS.HI/c1-3-19-18(21(2)11-10-17-9-6-12-23-17)20-13-15-7-4-5-8-16(15)14-22;/h4-9,12,22H,3,10-11,13-14H2,1-2H3,(H,19,20);1H. The van der Waals surface area contributed by atoms with Gasteiger partial charge in [-0.3, -0.25) is 0 Å². The summed E-state index contributed by atoms with van der Waals surface area (Å²) in [6, 6.07) is 12.1. The molecule has 1 heterocycles. The maximum absolute atomic E-state index is 9.41. The van der Waals surface area contributed by atoms with E-state index in [2.05, 4.69) is 41.7 Å². The fourth-order valence-corrected chi connectivity index (χ4v) is 3.03. The van der Waals surface area contributed by atoms with Gasteiger partial charge in [0.05, 0.1) is 13.2 Å². The summed E-state index contributed by atoms with van der Waals surface area (Å²) in [5.41, 5.74) is 2.00. The van der Waals surface area contributed by atoms with Crippen LogP contribution >= 0.6 is 35.3 Å². The zero-order valence-corrected chi connectivity index (χ0v) is 17.4. The average molecular weight is 459 g/mol. The number of thiophene rings is 1. The van der Waals surface area contributed by atoms with E-state index in [1.54, 1.807) is 11.3 Å². The Hall–Kier alpha value is -1.12. The van der Waals surface area contributed by atoms with Crippen molar-refractivity contribution >= 4 is 41.3 Å². The number of benzene rings is 1. The topological polar surface area (TPSA) is 47.9 Å². The first-order valence-corrected chi connectivity index (χ1v) is 8.82. The third-order valence-electron chi connectivity index (χ3n) is 3.66. The van der Waals surface area contributed by atoms with Gasteiger partial charge in [-0.2, -0.15) is 0 Å². The molecule has 0 aliphatic carbocycles. The average Bonchev–Trinajstić information content (AvgIpc) is 3.10. The lowest BCUT2D eigenvalue weighted by Crippen LogP contribution is -2.39. The number of nitrogens with zero attached hydrogens (tertiary/aromatic N) is 2. The molecular formula is C18H26IN3OS. The molecule has 0 aliphatic rings. The van der Waals surface area contributed by atoms with Crippen molar-refractivity contribution in [3.8, 4) is 0 Å². The maximum atomic E-state index is 9.41. The number of aliphatic hydroxyl groups excluding tert-OH is 1. The molecule has 0 saturated carbocycles. The Bertz CT molecular complexity index is 616. The van der Waals surface area contributed by atoms with Gasteiger partial charge >= 0.3 is 0 Å². The van der Waals surface area contributed by atoms with Crippen LogP contribution in [0, 0.1) is 0 Å². The SMILES string of the molecule is CCNC(=NCc1ccccc1CO)N(C)CCc1cccs1.I. The second-order valence-electron chi connectivity index (χ2n) is 5.35. The van der Waals surface area contributed by atoms with Crippen LogP contribution in [-0.2, 0) is 19.6 Å². The lowest BCUT2D eigenvalue weighted by Gasteiger charge is -2.22. The van der Waals surface area contributed by atoms with Crippen molar-refractivity contribution in [2.24, 2.45) is 4.99 Å². The summed E-state index contributed by atoms with van der Waals surface area (Å²) in [7, 11) is 2.06. The Kier molecular flexibility index (Phi) is 9.97. The van der Waals surface area contributed by atoms with Gasteiger partial charge in [0.25, 0.3) is 0 Å². The van der Waals surface area contributed by atoms with Crippen molar-refractivity contribution in [1.82, 2.24) is 10.2 Å². The molecular weight excluding hydrogens is 433 g/mol. The summed E-state index contributed by atoms with van der Waals surface area (Å²) >= 11 is 1.79. The normalized spacial score (nSPS) is 11.0. The smallest absolute Gasteiger partial charge is 0.193 e. The molecule has 132 valence electrons. The molecule has 2 aromatic rings. The number of guanidine groups is 1. The molecule has 0 spiro atoms. The van der Waals surface area contributed by atoms with Crippen LogP contribution in [0.15, 0.2) is 46.8 Å². The minimum atomic E-state index is 0. The number of hydrogen-bond donors (Lipinski definition) is 2. The van der Waals surface area contributed by atoms with Crippen molar-refractivity contribution in [2.75, 3.05) is 20.1 Å². The van der Waals surface area contributed by atoms with Crippen LogP contribution in [0.4, 0.5) is 0 Å². The largest absolute Gasteiger partial charge is 0.392 e. The summed E-state index contributed by atoms with van der Waals surface area (Å²) < 4.78 is 0. The van der Waals surface area contributed by atoms with Gasteiger partial charge in [-0.25, -0.2) is 4.99 Å². The Balaban J connectivity index is 0.00000288. The minimum absolute atomic E-state index is 0. The quantitative estimate of drug-likeness (QED) is 0.379. The summed E-state index contributed by atoms with van der Waals surface area (Å²) in [6.45, 7) is 4.46. The van der Waals surface area contributed by atoms with Gasteiger partial charge in [0.1, 0.15) is 0 Å². The van der Waals surface area contributed by atoms with Crippen LogP contribution in [0.5, 0.6) is 0 Å². The molecule has 0 atom stereocenters. The highest BCUT2D eigenvalue weighted by molar-refractivity contribution is 14.0. The zero-order chi connectivity index (χ0) is 16.5. The molecule has 0 amide bonds. The summed E-state index contributed by atoms with van der Waals surface area (Å²) in [5.74, 6) is 0.900. The maximum Gasteiger partial charge on any atom is 0.193 e. The Morgan fingerprint density at radius 2 is 1.96 bits per heavy atom. The fraction of sp³-hybridized carbons (Fsp3) is 0.389. The van der Waals surface area contributed by atoms with E-state index in [-0.39, 0.29) is 30.6 Å². The second-order valence-corrected chi connectivity index (χ2v) is 6.38. The van der Waals surface area contributed by atoms with Crippen LogP contribution in [0.1, 0.15) is 22.9 Å². The van der Waals surface area contributed by atoms with Gasteiger partial charge in [0.2, 0.25) is 0 Å². The number of rotatable bonds is 7. The zero-order valence-electron chi connectivity index (χ0n) is 14.2. The van der Waals surface area contributed by atoms with Crippen molar-refractivity contribution in [1.29, 1.82) is 0 Å². The van der Waals surface area contributed by atoms with Crippen LogP contribution < -0.4 is 5.32 Å². The molecule has 0 radical (unpaired) electrons. The molecule has 24 heavy (non-hydrogen) atoms. The van der Waals surface area contributed by atoms with E-state index in [0.717, 1.165) is 36.6 Å². The molecule has 0 fully saturated rings. The molecule has 2 N–H and O–H groups in total. The molecule has 0 bridgehead atoms. The van der Waals surface area contributed by atoms with Crippen molar-refractivity contribution in [3.63, 3.8) is 0 Å². The van der Waals surface area contributed by atoms with Crippen molar-refractivity contribution in [2.45, 2.75) is 26.5 Å². The molecule has 1 aromatic carbocycles. The van der Waals surface area contributed by atoms with E-state index in [0.29, 0.717) is 6.54 Å². The van der Waals surface area contributed by atoms with Crippen molar-refractivity contribution in [3.05, 3.63) is 57.8 Å². The number of aliphatic imine (C=N–C) groups is 1. The molecule has 0 saturated heterocycles. The predicted octanol–water partition coefficient (Wildman–Crippen LogP) is 3.50. The highest BCUT2D eigenvalue weighted by Gasteiger charge is 2.07. The highest BCUT2D eigenvalue weighted by atomic mass is 127. The van der Waals surface area contributed by atoms with Crippen LogP contribution in [0.25, 0.3) is 0 Å². The molecule has 4 nitrogen and oxygen atoms in total. The first-order valence-electron chi connectivity index (χ1n) is 7.94. The van der Waals surface area contributed by atoms with Gasteiger partial charge in [0.15, 0.2) is 5.96 Å². The number of nitrogens with one attached hydrogen (secondary N) is 1. The van der Waals surface area contributed by atoms with Crippen LogP contribution in [0.2, 0.25) is 0 Å². The van der Waals surface area contributed by atoms with Crippen LogP contribution in [-0.4, -0.2) is 36.1 Å². The minimum Gasteiger partial charge on any atom is -0.392 e. The van der Waals surface area contributed by atoms with Crippen molar-refractivity contribution < 1.29 is 5.11 Å². The van der Waals surface area contributed by atoms with E-state index in [9.17, 15) is 5.11 Å². The van der Waals surface area contributed by atoms with E-state index in [4.69, 9.17) is 4.99 Å². The lowest BCUT2D eigenvalue weighted by molar-refractivity contribution is 0.280. The first kappa shape index (κ1) is 20.9. The molecule has 6 heteroatoms. The van der Waals surface area contributed by atoms with Gasteiger partial charge in [0, 0.05) is 25.0 Å². The number of hydrogen-bond acceptors (Lipinski definition) is 3. The fourth-order valence-electron chi connectivity index (χ4n) is 2.33. The number of likely N-dealkylation sites (N-methyl/N-ethyl adjacent to an activating group) is 1. The Morgan fingerprint density at radius 1 is 1.21 bits per heavy atom. The number of aliphatic hydroxyl groups is 1. The lowest BCUT2D eigenvalue weighted by atomic mass is 10.1. The number of halogens is 1. The summed E-state index contributed by atoms with van der Waals surface area (Å²) in [6.07, 6.45) is 1.02. The predicted molar refractivity (Wildman–Crippen MR) is 113 cm³/mol. The monoisotopic (exact) mass is 459 g/mol. The molecule has 0 aliphatic heterocycles. The van der Waals surface area contributed by atoms with Gasteiger partial charge in [-0.1, -0.05) is 30.3 Å². The van der Waals surface area contributed by atoms with Gasteiger partial charge < -0.3 is 15.3 Å². The third kappa shape index (κ3) is 6.41. The van der Waals surface area contributed by atoms with E-state index >= 15 is 0 Å². The summed E-state index contributed by atoms with van der Waals surface area (Å²) in [5, 5.41) is 14.9.